The van der Waals surface area contributed by atoms with Crippen molar-refractivity contribution in [1.82, 2.24) is 15.1 Å². The maximum Gasteiger partial charge on any atom is 0.277 e. The van der Waals surface area contributed by atoms with Crippen molar-refractivity contribution >= 4 is 16.5 Å². The zero-order valence-corrected chi connectivity index (χ0v) is 11.8. The van der Waals surface area contributed by atoms with Gasteiger partial charge in [-0.1, -0.05) is 31.3 Å². The van der Waals surface area contributed by atoms with E-state index in [-0.39, 0.29) is 0 Å². The summed E-state index contributed by atoms with van der Waals surface area (Å²) in [6, 6.07) is 0. The Morgan fingerprint density at radius 1 is 1.42 bits per heavy atom. The Bertz CT molecular complexity index is 550. The largest absolute Gasteiger partial charge is 0.375 e. The molecule has 19 heavy (non-hydrogen) atoms. The lowest BCUT2D eigenvalue weighted by Crippen LogP contribution is -2.14. The van der Waals surface area contributed by atoms with E-state index in [1.165, 1.54) is 37.0 Å². The van der Waals surface area contributed by atoms with Gasteiger partial charge in [-0.2, -0.15) is 4.98 Å². The summed E-state index contributed by atoms with van der Waals surface area (Å²) in [5.74, 6) is 2.56. The fourth-order valence-electron chi connectivity index (χ4n) is 2.79. The molecule has 2 unspecified atom stereocenters. The van der Waals surface area contributed by atoms with Crippen LogP contribution in [0.3, 0.4) is 0 Å². The molecular weight excluding hydrogens is 260 g/mol. The molecule has 1 saturated carbocycles. The number of nitrogens with zero attached hydrogens (tertiary/aromatic N) is 3. The van der Waals surface area contributed by atoms with Crippen molar-refractivity contribution in [1.29, 1.82) is 0 Å². The van der Waals surface area contributed by atoms with E-state index in [1.54, 1.807) is 0 Å². The molecule has 2 N–H and O–H groups in total. The average Bonchev–Trinajstić information content (AvgIpc) is 3.07. The van der Waals surface area contributed by atoms with Crippen LogP contribution in [-0.4, -0.2) is 15.1 Å². The summed E-state index contributed by atoms with van der Waals surface area (Å²) in [5.41, 5.74) is 6.30. The van der Waals surface area contributed by atoms with Crippen LogP contribution in [0.1, 0.15) is 50.8 Å². The third kappa shape index (κ3) is 2.63. The Morgan fingerprint density at radius 3 is 3.05 bits per heavy atom. The summed E-state index contributed by atoms with van der Waals surface area (Å²) in [6.07, 6.45) is 6.17. The van der Waals surface area contributed by atoms with E-state index in [9.17, 15) is 0 Å². The van der Waals surface area contributed by atoms with Gasteiger partial charge in [-0.05, 0) is 18.8 Å². The standard InChI is InChI=1S/C13H18N4OS/c1-2-8-4-3-5-9(6-8)11-16-12(18-17-11)10-7-19-13(14)15-10/h7-9H,2-6H2,1H3,(H2,14,15). The molecule has 102 valence electrons. The van der Waals surface area contributed by atoms with Crippen molar-refractivity contribution in [3.63, 3.8) is 0 Å². The van der Waals surface area contributed by atoms with Crippen LogP contribution >= 0.6 is 11.3 Å². The van der Waals surface area contributed by atoms with Gasteiger partial charge in [0.15, 0.2) is 11.0 Å². The summed E-state index contributed by atoms with van der Waals surface area (Å²) in [7, 11) is 0. The number of hydrogen-bond donors (Lipinski definition) is 1. The Hall–Kier alpha value is -1.43. The molecule has 0 aliphatic heterocycles. The first-order valence-corrected chi connectivity index (χ1v) is 7.69. The number of aromatic nitrogens is 3. The van der Waals surface area contributed by atoms with Gasteiger partial charge < -0.3 is 10.3 Å². The number of anilines is 1. The highest BCUT2D eigenvalue weighted by Crippen LogP contribution is 2.36. The number of nitrogens with two attached hydrogens (primary N) is 1. The van der Waals surface area contributed by atoms with Crippen LogP contribution in [-0.2, 0) is 0 Å². The van der Waals surface area contributed by atoms with Crippen LogP contribution in [0.15, 0.2) is 9.90 Å². The van der Waals surface area contributed by atoms with Crippen LogP contribution in [0.5, 0.6) is 0 Å². The maximum atomic E-state index is 5.62. The van der Waals surface area contributed by atoms with E-state index < -0.39 is 0 Å². The van der Waals surface area contributed by atoms with Gasteiger partial charge in [0.1, 0.15) is 5.69 Å². The molecule has 0 spiro atoms. The fraction of sp³-hybridized carbons (Fsp3) is 0.615. The Kier molecular flexibility index (Phi) is 3.50. The molecule has 0 bridgehead atoms. The van der Waals surface area contributed by atoms with Gasteiger partial charge in [0.25, 0.3) is 5.89 Å². The van der Waals surface area contributed by atoms with Crippen LogP contribution in [0, 0.1) is 5.92 Å². The minimum Gasteiger partial charge on any atom is -0.375 e. The molecule has 0 saturated heterocycles. The number of thiazole rings is 1. The van der Waals surface area contributed by atoms with E-state index >= 15 is 0 Å². The molecule has 2 aromatic rings. The van der Waals surface area contributed by atoms with E-state index in [0.29, 0.717) is 22.6 Å². The molecule has 1 fully saturated rings. The van der Waals surface area contributed by atoms with Crippen LogP contribution in [0.25, 0.3) is 11.6 Å². The van der Waals surface area contributed by atoms with Crippen molar-refractivity contribution in [3.05, 3.63) is 11.2 Å². The van der Waals surface area contributed by atoms with Gasteiger partial charge >= 0.3 is 0 Å². The normalized spacial score (nSPS) is 23.6. The Morgan fingerprint density at radius 2 is 2.32 bits per heavy atom. The second-order valence-electron chi connectivity index (χ2n) is 5.17. The summed E-state index contributed by atoms with van der Waals surface area (Å²) in [5, 5.41) is 6.51. The predicted octanol–water partition coefficient (Wildman–Crippen LogP) is 3.46. The quantitative estimate of drug-likeness (QED) is 0.930. The van der Waals surface area contributed by atoms with Gasteiger partial charge in [0.2, 0.25) is 0 Å². The van der Waals surface area contributed by atoms with Crippen LogP contribution in [0.4, 0.5) is 5.13 Å². The highest BCUT2D eigenvalue weighted by Gasteiger charge is 2.26. The molecule has 0 radical (unpaired) electrons. The van der Waals surface area contributed by atoms with Gasteiger partial charge in [-0.15, -0.1) is 11.3 Å². The third-order valence-electron chi connectivity index (χ3n) is 3.91. The summed E-state index contributed by atoms with van der Waals surface area (Å²) < 4.78 is 5.31. The predicted molar refractivity (Wildman–Crippen MR) is 74.8 cm³/mol. The highest BCUT2D eigenvalue weighted by atomic mass is 32.1. The Balaban J connectivity index is 1.77. The van der Waals surface area contributed by atoms with Gasteiger partial charge in [0.05, 0.1) is 0 Å². The topological polar surface area (TPSA) is 77.8 Å². The lowest BCUT2D eigenvalue weighted by molar-refractivity contribution is 0.300. The monoisotopic (exact) mass is 278 g/mol. The van der Waals surface area contributed by atoms with Crippen molar-refractivity contribution < 1.29 is 4.52 Å². The summed E-state index contributed by atoms with van der Waals surface area (Å²) in [4.78, 5) is 8.67. The number of nitrogen functional groups attached to an aromatic ring is 1. The van der Waals surface area contributed by atoms with E-state index in [1.807, 2.05) is 5.38 Å². The molecule has 2 atom stereocenters. The van der Waals surface area contributed by atoms with E-state index in [0.717, 1.165) is 18.2 Å². The third-order valence-corrected chi connectivity index (χ3v) is 4.58. The van der Waals surface area contributed by atoms with Crippen molar-refractivity contribution in [2.75, 3.05) is 5.73 Å². The van der Waals surface area contributed by atoms with E-state index in [2.05, 4.69) is 22.0 Å². The molecule has 2 aromatic heterocycles. The zero-order valence-electron chi connectivity index (χ0n) is 11.0. The van der Waals surface area contributed by atoms with Gasteiger partial charge in [-0.25, -0.2) is 4.98 Å². The van der Waals surface area contributed by atoms with Crippen LogP contribution < -0.4 is 5.73 Å². The first-order valence-electron chi connectivity index (χ1n) is 6.81. The molecule has 0 amide bonds. The van der Waals surface area contributed by atoms with Crippen molar-refractivity contribution in [3.8, 4) is 11.6 Å². The molecule has 5 nitrogen and oxygen atoms in total. The SMILES string of the molecule is CCC1CCCC(c2noc(-c3csc(N)n3)n2)C1. The number of rotatable bonds is 3. The van der Waals surface area contributed by atoms with Crippen molar-refractivity contribution in [2.45, 2.75) is 44.9 Å². The minimum absolute atomic E-state index is 0.437. The molecule has 3 rings (SSSR count). The first-order chi connectivity index (χ1) is 9.26. The van der Waals surface area contributed by atoms with Crippen LogP contribution in [0.2, 0.25) is 0 Å². The van der Waals surface area contributed by atoms with E-state index in [4.69, 9.17) is 10.3 Å². The maximum absolute atomic E-state index is 5.62. The average molecular weight is 278 g/mol. The molecule has 1 aliphatic carbocycles. The Labute approximate surface area is 116 Å². The lowest BCUT2D eigenvalue weighted by atomic mass is 9.80. The summed E-state index contributed by atoms with van der Waals surface area (Å²) in [6.45, 7) is 2.26. The molecule has 6 heteroatoms. The van der Waals surface area contributed by atoms with Gasteiger partial charge in [0, 0.05) is 11.3 Å². The molecule has 1 aliphatic rings. The first kappa shape index (κ1) is 12.6. The molecular formula is C13H18N4OS. The second kappa shape index (κ2) is 5.28. The molecule has 2 heterocycles. The smallest absolute Gasteiger partial charge is 0.277 e. The fourth-order valence-corrected chi connectivity index (χ4v) is 3.32. The summed E-state index contributed by atoms with van der Waals surface area (Å²) >= 11 is 1.39. The van der Waals surface area contributed by atoms with Crippen molar-refractivity contribution in [2.24, 2.45) is 5.92 Å². The highest BCUT2D eigenvalue weighted by molar-refractivity contribution is 7.13. The minimum atomic E-state index is 0.437. The zero-order chi connectivity index (χ0) is 13.2. The number of hydrogen-bond acceptors (Lipinski definition) is 6. The lowest BCUT2D eigenvalue weighted by Gasteiger charge is -2.26. The second-order valence-corrected chi connectivity index (χ2v) is 6.06. The van der Waals surface area contributed by atoms with Gasteiger partial charge in [-0.3, -0.25) is 0 Å². The molecule has 0 aromatic carbocycles.